The zero-order chi connectivity index (χ0) is 20.9. The number of amides is 1. The Kier molecular flexibility index (Phi) is 7.43. The van der Waals surface area contributed by atoms with Crippen molar-refractivity contribution in [3.63, 3.8) is 0 Å². The Morgan fingerprint density at radius 1 is 1.32 bits per heavy atom. The number of carbonyl (C=O) groups is 1. The topological polar surface area (TPSA) is 38.8 Å². The molecular weight excluding hydrogens is 366 g/mol. The van der Waals surface area contributed by atoms with Crippen LogP contribution in [-0.2, 0) is 20.6 Å². The van der Waals surface area contributed by atoms with Crippen LogP contribution in [-0.4, -0.2) is 43.9 Å². The Balaban J connectivity index is 2.27. The van der Waals surface area contributed by atoms with Crippen molar-refractivity contribution in [2.24, 2.45) is 0 Å². The van der Waals surface area contributed by atoms with E-state index in [1.807, 2.05) is 47.4 Å². The van der Waals surface area contributed by atoms with E-state index in [0.29, 0.717) is 13.2 Å². The molecule has 1 heterocycles. The van der Waals surface area contributed by atoms with Gasteiger partial charge in [-0.3, -0.25) is 4.79 Å². The summed E-state index contributed by atoms with van der Waals surface area (Å²) in [4.78, 5) is 14.2. The molecule has 0 radical (unpaired) electrons. The molecule has 0 unspecified atom stereocenters. The van der Waals surface area contributed by atoms with Crippen LogP contribution in [0.2, 0.25) is 18.1 Å². The summed E-state index contributed by atoms with van der Waals surface area (Å²) in [6, 6.07) is 9.86. The smallest absolute Gasteiger partial charge is 0.220 e. The molecule has 0 spiro atoms. The first kappa shape index (κ1) is 22.6. The van der Waals surface area contributed by atoms with Crippen LogP contribution >= 0.6 is 0 Å². The molecule has 5 heteroatoms. The van der Waals surface area contributed by atoms with Crippen LogP contribution in [0.5, 0.6) is 0 Å². The van der Waals surface area contributed by atoms with Gasteiger partial charge in [0.05, 0.1) is 24.9 Å². The Morgan fingerprint density at radius 3 is 2.50 bits per heavy atom. The minimum absolute atomic E-state index is 0.0216. The average Bonchev–Trinajstić information content (AvgIpc) is 2.64. The van der Waals surface area contributed by atoms with Gasteiger partial charge < -0.3 is 14.1 Å². The molecule has 0 saturated heterocycles. The number of ether oxygens (including phenoxy) is 1. The van der Waals surface area contributed by atoms with Crippen molar-refractivity contribution in [1.29, 1.82) is 0 Å². The highest BCUT2D eigenvalue weighted by Gasteiger charge is 2.43. The van der Waals surface area contributed by atoms with E-state index >= 15 is 0 Å². The molecule has 0 saturated carbocycles. The van der Waals surface area contributed by atoms with E-state index in [9.17, 15) is 4.79 Å². The van der Waals surface area contributed by atoms with Gasteiger partial charge in [-0.25, -0.2) is 0 Å². The maximum Gasteiger partial charge on any atom is 0.220 e. The zero-order valence-corrected chi connectivity index (χ0v) is 19.1. The van der Waals surface area contributed by atoms with Crippen LogP contribution < -0.4 is 0 Å². The summed E-state index contributed by atoms with van der Waals surface area (Å²) < 4.78 is 12.9. The van der Waals surface area contributed by atoms with E-state index in [4.69, 9.17) is 9.16 Å². The Labute approximate surface area is 171 Å². The molecule has 154 valence electrons. The molecule has 0 bridgehead atoms. The number of benzene rings is 1. The maximum absolute atomic E-state index is 12.4. The molecule has 0 N–H and O–H groups in total. The zero-order valence-electron chi connectivity index (χ0n) is 18.1. The Bertz CT molecular complexity index is 694. The minimum atomic E-state index is -2.04. The van der Waals surface area contributed by atoms with Crippen molar-refractivity contribution < 1.29 is 14.0 Å². The standard InChI is InChI=1S/C23H35NO3Si/c1-8-20(27-28(6,7)23(3,4)5)22-21(15-12-16-24(22)18(2)25)26-17-19-13-10-9-11-14-19/h8-15,20-22H,1,16-17H2,2-7H3/t20-,21-,22+/m1/s1. The third-order valence-electron chi connectivity index (χ3n) is 5.82. The molecule has 1 aliphatic rings. The molecule has 1 aromatic rings. The van der Waals surface area contributed by atoms with Gasteiger partial charge in [0, 0.05) is 13.5 Å². The largest absolute Gasteiger partial charge is 0.408 e. The van der Waals surface area contributed by atoms with Gasteiger partial charge in [-0.2, -0.15) is 0 Å². The van der Waals surface area contributed by atoms with Crippen LogP contribution in [0.1, 0.15) is 33.3 Å². The fourth-order valence-electron chi connectivity index (χ4n) is 3.12. The highest BCUT2D eigenvalue weighted by Crippen LogP contribution is 2.38. The van der Waals surface area contributed by atoms with Gasteiger partial charge >= 0.3 is 0 Å². The third kappa shape index (κ3) is 5.43. The lowest BCUT2D eigenvalue weighted by molar-refractivity contribution is -0.137. The quantitative estimate of drug-likeness (QED) is 0.480. The van der Waals surface area contributed by atoms with Gasteiger partial charge in [-0.1, -0.05) is 69.3 Å². The summed E-state index contributed by atoms with van der Waals surface area (Å²) in [6.07, 6.45) is 5.36. The van der Waals surface area contributed by atoms with Gasteiger partial charge in [-0.05, 0) is 23.7 Å². The first-order valence-electron chi connectivity index (χ1n) is 9.96. The predicted molar refractivity (Wildman–Crippen MR) is 118 cm³/mol. The second-order valence-electron chi connectivity index (χ2n) is 8.93. The van der Waals surface area contributed by atoms with Crippen molar-refractivity contribution in [2.45, 2.75) is 70.7 Å². The van der Waals surface area contributed by atoms with Crippen LogP contribution in [0.25, 0.3) is 0 Å². The normalized spacial score (nSPS) is 21.4. The van der Waals surface area contributed by atoms with E-state index in [-0.39, 0.29) is 29.2 Å². The molecule has 0 fully saturated rings. The first-order valence-corrected chi connectivity index (χ1v) is 12.9. The van der Waals surface area contributed by atoms with E-state index < -0.39 is 8.32 Å². The number of rotatable bonds is 7. The van der Waals surface area contributed by atoms with Crippen molar-refractivity contribution in [3.05, 3.63) is 60.7 Å². The predicted octanol–water partition coefficient (Wildman–Crippen LogP) is 4.94. The number of hydrogen-bond acceptors (Lipinski definition) is 3. The average molecular weight is 402 g/mol. The van der Waals surface area contributed by atoms with Gasteiger partial charge in [0.2, 0.25) is 5.91 Å². The molecule has 28 heavy (non-hydrogen) atoms. The molecule has 1 amide bonds. The lowest BCUT2D eigenvalue weighted by Gasteiger charge is -2.45. The number of nitrogens with zero attached hydrogens (tertiary/aromatic N) is 1. The molecule has 4 nitrogen and oxygen atoms in total. The van der Waals surface area contributed by atoms with Gasteiger partial charge in [0.15, 0.2) is 8.32 Å². The van der Waals surface area contributed by atoms with Crippen LogP contribution in [0.4, 0.5) is 0 Å². The lowest BCUT2D eigenvalue weighted by atomic mass is 9.98. The summed E-state index contributed by atoms with van der Waals surface area (Å²) in [5.74, 6) is 0.0216. The third-order valence-corrected chi connectivity index (χ3v) is 10.3. The fourth-order valence-corrected chi connectivity index (χ4v) is 4.39. The van der Waals surface area contributed by atoms with Crippen LogP contribution in [0.15, 0.2) is 55.1 Å². The van der Waals surface area contributed by atoms with Crippen molar-refractivity contribution in [1.82, 2.24) is 4.90 Å². The van der Waals surface area contributed by atoms with Crippen molar-refractivity contribution >= 4 is 14.2 Å². The van der Waals surface area contributed by atoms with Crippen molar-refractivity contribution in [3.8, 4) is 0 Å². The van der Waals surface area contributed by atoms with Gasteiger partial charge in [0.1, 0.15) is 0 Å². The minimum Gasteiger partial charge on any atom is -0.408 e. The summed E-state index contributed by atoms with van der Waals surface area (Å²) in [5.41, 5.74) is 1.11. The second kappa shape index (κ2) is 9.20. The first-order chi connectivity index (χ1) is 13.1. The molecule has 3 atom stereocenters. The molecule has 0 aromatic heterocycles. The van der Waals surface area contributed by atoms with Crippen LogP contribution in [0.3, 0.4) is 0 Å². The molecule has 2 rings (SSSR count). The van der Waals surface area contributed by atoms with Crippen molar-refractivity contribution in [2.75, 3.05) is 6.54 Å². The van der Waals surface area contributed by atoms with E-state index in [2.05, 4.69) is 46.5 Å². The van der Waals surface area contributed by atoms with Crippen LogP contribution in [0, 0.1) is 0 Å². The lowest BCUT2D eigenvalue weighted by Crippen LogP contribution is -2.58. The Morgan fingerprint density at radius 2 is 1.96 bits per heavy atom. The highest BCUT2D eigenvalue weighted by atomic mass is 28.4. The van der Waals surface area contributed by atoms with E-state index in [1.54, 1.807) is 6.92 Å². The summed E-state index contributed by atoms with van der Waals surface area (Å²) in [7, 11) is -2.04. The second-order valence-corrected chi connectivity index (χ2v) is 13.7. The van der Waals surface area contributed by atoms with E-state index in [0.717, 1.165) is 5.56 Å². The Hall–Kier alpha value is -1.69. The summed E-state index contributed by atoms with van der Waals surface area (Å²) >= 11 is 0. The monoisotopic (exact) mass is 401 g/mol. The summed E-state index contributed by atoms with van der Waals surface area (Å²) in [5, 5.41) is 0.0697. The van der Waals surface area contributed by atoms with E-state index in [1.165, 1.54) is 0 Å². The molecule has 1 aromatic carbocycles. The fraction of sp³-hybridized carbons (Fsp3) is 0.522. The SMILES string of the molecule is C=C[C@@H](O[Si](C)(C)C(C)(C)C)[C@H]1[C@H](OCc2ccccc2)C=CCN1C(C)=O. The molecular formula is C23H35NO3Si. The van der Waals surface area contributed by atoms with Gasteiger partial charge in [0.25, 0.3) is 0 Å². The summed E-state index contributed by atoms with van der Waals surface area (Å²) in [6.45, 7) is 17.8. The molecule has 0 aliphatic carbocycles. The number of hydrogen-bond donors (Lipinski definition) is 0. The maximum atomic E-state index is 12.4. The molecule has 1 aliphatic heterocycles. The number of carbonyl (C=O) groups excluding carboxylic acids is 1. The van der Waals surface area contributed by atoms with Gasteiger partial charge in [-0.15, -0.1) is 6.58 Å². The highest BCUT2D eigenvalue weighted by molar-refractivity contribution is 6.74.